The number of hydrogen-bond donors (Lipinski definition) is 2. The molecule has 0 radical (unpaired) electrons. The molecular weight excluding hydrogens is 322 g/mol. The van der Waals surface area contributed by atoms with E-state index in [2.05, 4.69) is 20.9 Å². The van der Waals surface area contributed by atoms with Gasteiger partial charge < -0.3 is 15.1 Å². The fourth-order valence-electron chi connectivity index (χ4n) is 2.12. The fourth-order valence-corrected chi connectivity index (χ4v) is 2.50. The Hall–Kier alpha value is -2.21. The predicted molar refractivity (Wildman–Crippen MR) is 83.5 cm³/mol. The summed E-state index contributed by atoms with van der Waals surface area (Å²) < 4.78 is 5.92. The molecule has 102 valence electrons. The largest absolute Gasteiger partial charge is 0.417 e. The Morgan fingerprint density at radius 3 is 2.80 bits per heavy atom. The van der Waals surface area contributed by atoms with Crippen LogP contribution in [0.15, 0.2) is 50.1 Å². The summed E-state index contributed by atoms with van der Waals surface area (Å²) in [5, 5.41) is 0. The summed E-state index contributed by atoms with van der Waals surface area (Å²) in [5.41, 5.74) is 9.69. The molecule has 20 heavy (non-hydrogen) atoms. The van der Waals surface area contributed by atoms with Crippen LogP contribution in [0.25, 0.3) is 11.1 Å². The standard InChI is InChI=1S/C14H12BrN3O2/c1-18(12-4-2-8(15)6-10(12)16)9-3-5-13-11(7-9)17-14(19)20-13/h2-7H,16H2,1H3,(H,17,19). The summed E-state index contributed by atoms with van der Waals surface area (Å²) in [6, 6.07) is 11.2. The van der Waals surface area contributed by atoms with Crippen LogP contribution in [0.1, 0.15) is 0 Å². The zero-order chi connectivity index (χ0) is 14.3. The highest BCUT2D eigenvalue weighted by molar-refractivity contribution is 9.10. The SMILES string of the molecule is CN(c1ccc2oc(=O)[nH]c2c1)c1ccc(Br)cc1N. The minimum Gasteiger partial charge on any atom is -0.408 e. The number of benzene rings is 2. The van der Waals surface area contributed by atoms with Gasteiger partial charge in [0.15, 0.2) is 5.58 Å². The number of aromatic amines is 1. The second-order valence-electron chi connectivity index (χ2n) is 4.46. The number of halogens is 1. The van der Waals surface area contributed by atoms with Crippen LogP contribution in [0, 0.1) is 0 Å². The summed E-state index contributed by atoms with van der Waals surface area (Å²) in [6.45, 7) is 0. The van der Waals surface area contributed by atoms with Crippen LogP contribution in [0.2, 0.25) is 0 Å². The lowest BCUT2D eigenvalue weighted by Crippen LogP contribution is -2.11. The van der Waals surface area contributed by atoms with Gasteiger partial charge >= 0.3 is 5.76 Å². The number of hydrogen-bond acceptors (Lipinski definition) is 4. The van der Waals surface area contributed by atoms with E-state index >= 15 is 0 Å². The summed E-state index contributed by atoms with van der Waals surface area (Å²) >= 11 is 3.39. The maximum absolute atomic E-state index is 11.2. The van der Waals surface area contributed by atoms with Gasteiger partial charge in [-0.05, 0) is 36.4 Å². The number of nitrogens with one attached hydrogen (secondary N) is 1. The van der Waals surface area contributed by atoms with Gasteiger partial charge in [-0.2, -0.15) is 0 Å². The van der Waals surface area contributed by atoms with Crippen LogP contribution in [0.4, 0.5) is 17.1 Å². The Balaban J connectivity index is 2.06. The van der Waals surface area contributed by atoms with Crippen molar-refractivity contribution in [1.29, 1.82) is 0 Å². The number of fused-ring (bicyclic) bond motifs is 1. The molecule has 0 aliphatic carbocycles. The van der Waals surface area contributed by atoms with Gasteiger partial charge in [0.1, 0.15) is 0 Å². The van der Waals surface area contributed by atoms with Gasteiger partial charge in [-0.15, -0.1) is 0 Å². The van der Waals surface area contributed by atoms with E-state index in [1.165, 1.54) is 0 Å². The van der Waals surface area contributed by atoms with Crippen LogP contribution in [0.3, 0.4) is 0 Å². The van der Waals surface area contributed by atoms with Gasteiger partial charge in [0.25, 0.3) is 0 Å². The molecular formula is C14H12BrN3O2. The maximum atomic E-state index is 11.2. The highest BCUT2D eigenvalue weighted by Gasteiger charge is 2.10. The quantitative estimate of drug-likeness (QED) is 0.706. The Bertz CT molecular complexity index is 838. The van der Waals surface area contributed by atoms with E-state index in [0.29, 0.717) is 16.8 Å². The molecule has 3 N–H and O–H groups in total. The molecule has 6 heteroatoms. The summed E-state index contributed by atoms with van der Waals surface area (Å²) in [5.74, 6) is -0.456. The van der Waals surface area contributed by atoms with Gasteiger partial charge in [-0.1, -0.05) is 15.9 Å². The maximum Gasteiger partial charge on any atom is 0.417 e. The third kappa shape index (κ3) is 2.18. The third-order valence-corrected chi connectivity index (χ3v) is 3.63. The van der Waals surface area contributed by atoms with Gasteiger partial charge in [0.2, 0.25) is 0 Å². The highest BCUT2D eigenvalue weighted by Crippen LogP contribution is 2.32. The molecule has 1 aromatic heterocycles. The van der Waals surface area contributed by atoms with Gasteiger partial charge in [0.05, 0.1) is 16.9 Å². The van der Waals surface area contributed by atoms with Crippen LogP contribution >= 0.6 is 15.9 Å². The topological polar surface area (TPSA) is 75.3 Å². The summed E-state index contributed by atoms with van der Waals surface area (Å²) in [7, 11) is 1.92. The molecule has 2 aromatic carbocycles. The second-order valence-corrected chi connectivity index (χ2v) is 5.37. The van der Waals surface area contributed by atoms with Crippen molar-refractivity contribution in [3.8, 4) is 0 Å². The van der Waals surface area contributed by atoms with Crippen molar-refractivity contribution >= 4 is 44.1 Å². The Kier molecular flexibility index (Phi) is 3.02. The molecule has 0 amide bonds. The van der Waals surface area contributed by atoms with E-state index in [0.717, 1.165) is 15.8 Å². The van der Waals surface area contributed by atoms with Crippen molar-refractivity contribution in [2.45, 2.75) is 0 Å². The van der Waals surface area contributed by atoms with Crippen LogP contribution < -0.4 is 16.4 Å². The first-order valence-electron chi connectivity index (χ1n) is 5.96. The predicted octanol–water partition coefficient (Wildman–Crippen LogP) is 3.23. The molecule has 0 aliphatic rings. The minimum absolute atomic E-state index is 0.456. The number of rotatable bonds is 2. The Labute approximate surface area is 123 Å². The fraction of sp³-hybridized carbons (Fsp3) is 0.0714. The number of H-pyrrole nitrogens is 1. The highest BCUT2D eigenvalue weighted by atomic mass is 79.9. The van der Waals surface area contributed by atoms with E-state index in [4.69, 9.17) is 10.2 Å². The molecule has 0 atom stereocenters. The van der Waals surface area contributed by atoms with Crippen molar-refractivity contribution < 1.29 is 4.42 Å². The lowest BCUT2D eigenvalue weighted by atomic mass is 10.2. The molecule has 3 aromatic rings. The van der Waals surface area contributed by atoms with Gasteiger partial charge in [-0.25, -0.2) is 4.79 Å². The number of nitrogen functional groups attached to an aromatic ring is 1. The van der Waals surface area contributed by atoms with Gasteiger partial charge in [-0.3, -0.25) is 4.98 Å². The number of oxazole rings is 1. The van der Waals surface area contributed by atoms with Crippen molar-refractivity contribution in [1.82, 2.24) is 4.98 Å². The van der Waals surface area contributed by atoms with Crippen LogP contribution in [-0.4, -0.2) is 12.0 Å². The lowest BCUT2D eigenvalue weighted by molar-refractivity contribution is 0.555. The first-order valence-corrected chi connectivity index (χ1v) is 6.75. The van der Waals surface area contributed by atoms with Crippen LogP contribution in [-0.2, 0) is 0 Å². The van der Waals surface area contributed by atoms with Crippen molar-refractivity contribution in [2.75, 3.05) is 17.7 Å². The number of nitrogens with zero attached hydrogens (tertiary/aromatic N) is 1. The van der Waals surface area contributed by atoms with E-state index in [1.807, 2.05) is 42.3 Å². The second kappa shape index (κ2) is 4.72. The monoisotopic (exact) mass is 333 g/mol. The Morgan fingerprint density at radius 1 is 1.25 bits per heavy atom. The summed E-state index contributed by atoms with van der Waals surface area (Å²) in [6.07, 6.45) is 0. The Morgan fingerprint density at radius 2 is 2.05 bits per heavy atom. The molecule has 0 fully saturated rings. The average Bonchev–Trinajstić information content (AvgIpc) is 2.77. The number of anilines is 3. The smallest absolute Gasteiger partial charge is 0.408 e. The molecule has 0 bridgehead atoms. The molecule has 0 spiro atoms. The average molecular weight is 334 g/mol. The molecule has 0 unspecified atom stereocenters. The van der Waals surface area contributed by atoms with Crippen molar-refractivity contribution in [2.24, 2.45) is 0 Å². The van der Waals surface area contributed by atoms with E-state index in [-0.39, 0.29) is 0 Å². The van der Waals surface area contributed by atoms with Crippen molar-refractivity contribution in [3.05, 3.63) is 51.4 Å². The van der Waals surface area contributed by atoms with Gasteiger partial charge in [0, 0.05) is 17.2 Å². The third-order valence-electron chi connectivity index (χ3n) is 3.14. The normalized spacial score (nSPS) is 10.9. The summed E-state index contributed by atoms with van der Waals surface area (Å²) in [4.78, 5) is 15.8. The molecule has 0 saturated heterocycles. The number of aromatic nitrogens is 1. The van der Waals surface area contributed by atoms with Crippen molar-refractivity contribution in [3.63, 3.8) is 0 Å². The first-order chi connectivity index (χ1) is 9.54. The molecule has 1 heterocycles. The van der Waals surface area contributed by atoms with E-state index in [9.17, 15) is 4.79 Å². The first kappa shape index (κ1) is 12.8. The zero-order valence-corrected chi connectivity index (χ0v) is 12.3. The van der Waals surface area contributed by atoms with Crippen LogP contribution in [0.5, 0.6) is 0 Å². The molecule has 0 saturated carbocycles. The minimum atomic E-state index is -0.456. The van der Waals surface area contributed by atoms with E-state index in [1.54, 1.807) is 6.07 Å². The van der Waals surface area contributed by atoms with E-state index < -0.39 is 5.76 Å². The molecule has 0 aliphatic heterocycles. The molecule has 5 nitrogen and oxygen atoms in total. The zero-order valence-electron chi connectivity index (χ0n) is 10.7. The number of nitrogens with two attached hydrogens (primary N) is 1. The molecule has 3 rings (SSSR count). The lowest BCUT2D eigenvalue weighted by Gasteiger charge is -2.21.